The van der Waals surface area contributed by atoms with Gasteiger partial charge >= 0.3 is 0 Å². The first-order valence-corrected chi connectivity index (χ1v) is 46.0. The minimum absolute atomic E-state index is 0.652. The second-order valence-electron chi connectivity index (χ2n) is 34.4. The third kappa shape index (κ3) is 13.1. The summed E-state index contributed by atoms with van der Waals surface area (Å²) in [7, 11) is 0. The maximum atomic E-state index is 5.42. The van der Waals surface area contributed by atoms with E-state index in [9.17, 15) is 0 Å². The average Bonchev–Trinajstić information content (AvgIpc) is 1.56. The van der Waals surface area contributed by atoms with Gasteiger partial charge in [0.15, 0.2) is 5.82 Å². The Morgan fingerprint density at radius 1 is 0.169 bits per heavy atom. The number of hydrogen-bond acceptors (Lipinski definition) is 6. The summed E-state index contributed by atoms with van der Waals surface area (Å²) in [6, 6.07) is 167. The number of pyridine rings is 2. The number of rotatable bonds is 12. The number of hydrogen-bond donors (Lipinski definition) is 0. The van der Waals surface area contributed by atoms with Crippen molar-refractivity contribution in [2.75, 3.05) is 0 Å². The van der Waals surface area contributed by atoms with Crippen LogP contribution >= 0.6 is 0 Å². The first kappa shape index (κ1) is 78.5. The Morgan fingerprint density at radius 2 is 0.485 bits per heavy atom. The van der Waals surface area contributed by atoms with Crippen molar-refractivity contribution < 1.29 is 0 Å². The zero-order valence-electron chi connectivity index (χ0n) is 73.6. The Hall–Kier alpha value is -18.5. The summed E-state index contributed by atoms with van der Waals surface area (Å²) in [5, 5.41) is 12.8. The van der Waals surface area contributed by atoms with Crippen molar-refractivity contribution in [1.82, 2.24) is 57.3 Å². The normalized spacial score (nSPS) is 11.7. The molecule has 12 heteroatoms. The second-order valence-corrected chi connectivity index (χ2v) is 34.4. The van der Waals surface area contributed by atoms with Crippen LogP contribution in [0, 0.1) is 0 Å². The van der Waals surface area contributed by atoms with Crippen molar-refractivity contribution in [1.29, 1.82) is 0 Å². The van der Waals surface area contributed by atoms with Gasteiger partial charge in [0.2, 0.25) is 5.95 Å². The summed E-state index contributed by atoms with van der Waals surface area (Å²) in [5.41, 5.74) is 32.7. The van der Waals surface area contributed by atoms with Gasteiger partial charge in [0.05, 0.1) is 94.1 Å². The van der Waals surface area contributed by atoms with Gasteiger partial charge in [-0.2, -0.15) is 0 Å². The third-order valence-electron chi connectivity index (χ3n) is 26.6. The van der Waals surface area contributed by atoms with Crippen LogP contribution in [0.2, 0.25) is 0 Å². The lowest BCUT2D eigenvalue weighted by Gasteiger charge is -2.15. The fourth-order valence-corrected chi connectivity index (χ4v) is 20.7. The second kappa shape index (κ2) is 32.8. The molecule has 0 N–H and O–H groups in total. The molecule has 12 nitrogen and oxygen atoms in total. The molecule has 0 saturated carbocycles. The van der Waals surface area contributed by atoms with Crippen LogP contribution in [-0.4, -0.2) is 57.3 Å². The van der Waals surface area contributed by atoms with Crippen LogP contribution < -0.4 is 0 Å². The summed E-state index contributed by atoms with van der Waals surface area (Å²) in [5.74, 6) is 2.18. The Kier molecular flexibility index (Phi) is 19.0. The molecule has 636 valence electrons. The molecule has 0 radical (unpaired) electrons. The number of aromatic nitrogens is 12. The van der Waals surface area contributed by atoms with Crippen molar-refractivity contribution in [3.8, 4) is 102 Å². The van der Waals surface area contributed by atoms with Crippen LogP contribution in [0.3, 0.4) is 0 Å². The van der Waals surface area contributed by atoms with Crippen LogP contribution in [0.5, 0.6) is 0 Å². The number of benzene rings is 18. The minimum atomic E-state index is 0.652. The summed E-state index contributed by atoms with van der Waals surface area (Å²) in [4.78, 5) is 30.9. The average molecular weight is 1740 g/mol. The van der Waals surface area contributed by atoms with E-state index in [0.29, 0.717) is 11.8 Å². The van der Waals surface area contributed by atoms with Crippen molar-refractivity contribution >= 4 is 142 Å². The molecule has 28 rings (SSSR count). The van der Waals surface area contributed by atoms with Gasteiger partial charge in [-0.25, -0.2) is 19.9 Å². The Bertz CT molecular complexity index is 9030. The minimum Gasteiger partial charge on any atom is -0.307 e. The van der Waals surface area contributed by atoms with Crippen molar-refractivity contribution in [2.24, 2.45) is 0 Å². The standard InChI is InChI=1S/C44H28N4.2C40H26N4/c1-3-13-29(14-4-1)30-23-25-31(26-24-30)41-37-19-7-10-20-38(37)45-44(46-41)48-40-22-12-9-18-34(40)36-28-27-35-33-17-8-11-21-39(33)47(42(35)43(36)48)32-15-5-2-6-16-32;1-4-14-27(15-5-1)34-26-37(42-40(41-34)28-16-6-2-7-17-28)44-36-23-13-11-21-31(36)33-25-24-32-30-20-10-12-22-35(30)43(38(32)39(33)44)29-18-8-3-9-19-29;1-4-12-27(13-5-1)29-24-30(28-14-6-2-7-15-28)26-32(25-29)44-36-19-11-23-42-38(36)34-21-20-33-37-35(18-10-22-41-37)43(39(33)40(34)44)31-16-8-3-9-17-31/h1-28H;2*1-26H. The summed E-state index contributed by atoms with van der Waals surface area (Å²) in [6.45, 7) is 0. The van der Waals surface area contributed by atoms with Gasteiger partial charge in [-0.1, -0.05) is 346 Å². The summed E-state index contributed by atoms with van der Waals surface area (Å²) >= 11 is 0. The molecule has 0 aliphatic carbocycles. The van der Waals surface area contributed by atoms with Crippen LogP contribution in [-0.2, 0) is 0 Å². The Morgan fingerprint density at radius 3 is 0.941 bits per heavy atom. The Labute approximate surface area is 781 Å². The number of fused-ring (bicyclic) bond motifs is 22. The molecule has 10 aromatic heterocycles. The summed E-state index contributed by atoms with van der Waals surface area (Å²) in [6.07, 6.45) is 3.77. The van der Waals surface area contributed by atoms with Gasteiger partial charge < -0.3 is 18.3 Å². The highest BCUT2D eigenvalue weighted by Crippen LogP contribution is 2.48. The van der Waals surface area contributed by atoms with Gasteiger partial charge in [-0.05, 0) is 155 Å². The van der Waals surface area contributed by atoms with E-state index in [1.54, 1.807) is 0 Å². The predicted octanol–water partition coefficient (Wildman–Crippen LogP) is 31.2. The quantitative estimate of drug-likeness (QED) is 0.121. The molecule has 18 aromatic carbocycles. The number of para-hydroxylation sites is 8. The molecule has 0 atom stereocenters. The highest BCUT2D eigenvalue weighted by molar-refractivity contribution is 6.27. The number of nitrogens with zero attached hydrogens (tertiary/aromatic N) is 12. The highest BCUT2D eigenvalue weighted by atomic mass is 15.2. The van der Waals surface area contributed by atoms with Crippen LogP contribution in [0.4, 0.5) is 0 Å². The van der Waals surface area contributed by atoms with Gasteiger partial charge in [0.1, 0.15) is 5.82 Å². The van der Waals surface area contributed by atoms with E-state index in [1.165, 1.54) is 87.5 Å². The van der Waals surface area contributed by atoms with Crippen molar-refractivity contribution in [3.63, 3.8) is 0 Å². The lowest BCUT2D eigenvalue weighted by atomic mass is 9.98. The van der Waals surface area contributed by atoms with Crippen molar-refractivity contribution in [3.05, 3.63) is 486 Å². The van der Waals surface area contributed by atoms with Crippen LogP contribution in [0.1, 0.15) is 0 Å². The largest absolute Gasteiger partial charge is 0.307 e. The Balaban J connectivity index is 0.000000106. The molecular weight excluding hydrogens is 1660 g/mol. The van der Waals surface area contributed by atoms with Gasteiger partial charge in [-0.3, -0.25) is 19.1 Å². The molecule has 0 unspecified atom stereocenters. The fraction of sp³-hybridized carbons (Fsp3) is 0. The van der Waals surface area contributed by atoms with Gasteiger partial charge in [0, 0.05) is 117 Å². The molecule has 0 saturated heterocycles. The van der Waals surface area contributed by atoms with E-state index in [1.807, 2.05) is 54.9 Å². The topological polar surface area (TPSA) is 107 Å². The molecule has 136 heavy (non-hydrogen) atoms. The maximum Gasteiger partial charge on any atom is 0.235 e. The molecule has 0 spiro atoms. The van der Waals surface area contributed by atoms with Gasteiger partial charge in [0.25, 0.3) is 0 Å². The molecule has 10 heterocycles. The molecule has 0 bridgehead atoms. The van der Waals surface area contributed by atoms with Crippen molar-refractivity contribution in [2.45, 2.75) is 0 Å². The van der Waals surface area contributed by atoms with E-state index in [0.717, 1.165) is 145 Å². The third-order valence-corrected chi connectivity index (χ3v) is 26.6. The predicted molar refractivity (Wildman–Crippen MR) is 562 cm³/mol. The molecular formula is C124H80N12. The monoisotopic (exact) mass is 1740 g/mol. The molecule has 0 aliphatic rings. The smallest absolute Gasteiger partial charge is 0.235 e. The van der Waals surface area contributed by atoms with E-state index in [-0.39, 0.29) is 0 Å². The summed E-state index contributed by atoms with van der Waals surface area (Å²) < 4.78 is 14.2. The molecule has 0 aliphatic heterocycles. The first-order valence-electron chi connectivity index (χ1n) is 46.0. The van der Waals surface area contributed by atoms with E-state index >= 15 is 0 Å². The first-order chi connectivity index (χ1) is 67.5. The fourth-order valence-electron chi connectivity index (χ4n) is 20.7. The van der Waals surface area contributed by atoms with Gasteiger partial charge in [-0.15, -0.1) is 0 Å². The van der Waals surface area contributed by atoms with E-state index in [4.69, 9.17) is 29.9 Å². The molecule has 28 aromatic rings. The van der Waals surface area contributed by atoms with Crippen LogP contribution in [0.25, 0.3) is 244 Å². The highest BCUT2D eigenvalue weighted by Gasteiger charge is 2.29. The molecule has 0 amide bonds. The van der Waals surface area contributed by atoms with E-state index in [2.05, 4.69) is 458 Å². The molecule has 0 fully saturated rings. The zero-order valence-corrected chi connectivity index (χ0v) is 73.6. The lowest BCUT2D eigenvalue weighted by Crippen LogP contribution is -2.04. The maximum absolute atomic E-state index is 5.42. The van der Waals surface area contributed by atoms with E-state index < -0.39 is 0 Å². The zero-order chi connectivity index (χ0) is 89.7. The van der Waals surface area contributed by atoms with Crippen LogP contribution in [0.15, 0.2) is 486 Å². The lowest BCUT2D eigenvalue weighted by molar-refractivity contribution is 1.01. The SMILES string of the molecule is c1ccc(-c2cc(-c3ccccc3)cc(-n3c4cccnc4c4ccc5c6ncccc6n(-c6ccccc6)c5c43)c2)cc1.c1ccc(-c2cc(-n3c4ccccc4c4ccc5c6ccccc6n(-c6ccccc6)c5c43)nc(-c3ccccc3)n2)cc1.c1ccc(-c2ccc(-c3nc(-n4c5ccccc5c5ccc6c7ccccc7n(-c7ccccc7)c6c54)nc4ccccc34)cc2)cc1.